The summed E-state index contributed by atoms with van der Waals surface area (Å²) in [5.74, 6) is 1.55. The molecule has 4 rings (SSSR count). The maximum Gasteiger partial charge on any atom is 0.254 e. The molecule has 1 saturated heterocycles. The van der Waals surface area contributed by atoms with Crippen molar-refractivity contribution in [2.45, 2.75) is 11.8 Å². The first-order chi connectivity index (χ1) is 13.5. The van der Waals surface area contributed by atoms with Gasteiger partial charge in [-0.2, -0.15) is 0 Å². The van der Waals surface area contributed by atoms with Gasteiger partial charge in [0, 0.05) is 24.3 Å². The maximum absolute atomic E-state index is 13.1. The number of nitrogens with one attached hydrogen (secondary N) is 1. The Labute approximate surface area is 163 Å². The summed E-state index contributed by atoms with van der Waals surface area (Å²) in [6.07, 6.45) is 0.567. The van der Waals surface area contributed by atoms with Crippen LogP contribution in [0.4, 0.5) is 5.69 Å². The Hall–Kier alpha value is -3.22. The van der Waals surface area contributed by atoms with Crippen LogP contribution >= 0.6 is 0 Å². The van der Waals surface area contributed by atoms with Gasteiger partial charge in [-0.25, -0.2) is 0 Å². The Bertz CT molecular complexity index is 958. The third-order valence-electron chi connectivity index (χ3n) is 5.61. The molecule has 1 atom stereocenters. The second kappa shape index (κ2) is 6.74. The summed E-state index contributed by atoms with van der Waals surface area (Å²) >= 11 is 0. The maximum atomic E-state index is 13.1. The first-order valence-electron chi connectivity index (χ1n) is 9.03. The van der Waals surface area contributed by atoms with Crippen LogP contribution in [0.5, 0.6) is 17.2 Å². The van der Waals surface area contributed by atoms with Gasteiger partial charge >= 0.3 is 0 Å². The van der Waals surface area contributed by atoms with Gasteiger partial charge in [0.05, 0.1) is 26.7 Å². The predicted octanol–water partition coefficient (Wildman–Crippen LogP) is 2.45. The highest BCUT2D eigenvalue weighted by Crippen LogP contribution is 2.45. The van der Waals surface area contributed by atoms with Crippen LogP contribution in [0.1, 0.15) is 22.3 Å². The molecule has 0 aliphatic carbocycles. The average molecular weight is 382 g/mol. The van der Waals surface area contributed by atoms with E-state index in [1.807, 2.05) is 18.2 Å². The first kappa shape index (κ1) is 18.2. The van der Waals surface area contributed by atoms with Crippen molar-refractivity contribution in [3.63, 3.8) is 0 Å². The van der Waals surface area contributed by atoms with Crippen molar-refractivity contribution in [2.24, 2.45) is 0 Å². The number of hydrogen-bond acceptors (Lipinski definition) is 5. The molecular weight excluding hydrogens is 360 g/mol. The molecule has 0 aromatic heterocycles. The second-order valence-electron chi connectivity index (χ2n) is 6.99. The van der Waals surface area contributed by atoms with Crippen molar-refractivity contribution < 1.29 is 23.8 Å². The summed E-state index contributed by atoms with van der Waals surface area (Å²) in [5.41, 5.74) is 1.43. The van der Waals surface area contributed by atoms with E-state index in [1.165, 1.54) is 7.11 Å². The number of fused-ring (bicyclic) bond motifs is 2. The number of carbonyl (C=O) groups is 2. The van der Waals surface area contributed by atoms with E-state index < -0.39 is 5.41 Å². The van der Waals surface area contributed by atoms with Gasteiger partial charge < -0.3 is 24.4 Å². The molecule has 2 aliphatic rings. The smallest absolute Gasteiger partial charge is 0.254 e. The summed E-state index contributed by atoms with van der Waals surface area (Å²) in [4.78, 5) is 27.6. The molecule has 2 aromatic rings. The highest BCUT2D eigenvalue weighted by atomic mass is 16.5. The summed E-state index contributed by atoms with van der Waals surface area (Å²) in [6.45, 7) is 0.823. The number of carbonyl (C=O) groups excluding carboxylic acids is 2. The number of anilines is 1. The fraction of sp³-hybridized carbons (Fsp3) is 0.333. The summed E-state index contributed by atoms with van der Waals surface area (Å²) < 4.78 is 15.9. The zero-order valence-electron chi connectivity index (χ0n) is 16.1. The minimum atomic E-state index is -0.740. The lowest BCUT2D eigenvalue weighted by Crippen LogP contribution is -2.39. The molecule has 7 nitrogen and oxygen atoms in total. The van der Waals surface area contributed by atoms with E-state index in [2.05, 4.69) is 5.32 Å². The standard InChI is InChI=1S/C21H22N2O5/c1-26-14-5-6-16-15(11-14)21(20(25)22-16)8-9-23(12-21)19(24)13-4-7-17(27-2)18(10-13)28-3/h4-7,10-11H,8-9,12H2,1-3H3,(H,22,25). The van der Waals surface area contributed by atoms with Crippen molar-refractivity contribution in [3.05, 3.63) is 47.5 Å². The SMILES string of the molecule is COc1ccc2c(c1)C1(CCN(C(=O)c3ccc(OC)c(OC)c3)C1)C(=O)N2. The second-order valence-corrected chi connectivity index (χ2v) is 6.99. The highest BCUT2D eigenvalue weighted by molar-refractivity contribution is 6.07. The van der Waals surface area contributed by atoms with Crippen molar-refractivity contribution >= 4 is 17.5 Å². The molecule has 2 heterocycles. The molecule has 2 aromatic carbocycles. The number of likely N-dealkylation sites (tertiary alicyclic amines) is 1. The van der Waals surface area contributed by atoms with Crippen molar-refractivity contribution in [3.8, 4) is 17.2 Å². The zero-order chi connectivity index (χ0) is 19.9. The molecule has 1 spiro atoms. The minimum absolute atomic E-state index is 0.0710. The molecule has 0 bridgehead atoms. The van der Waals surface area contributed by atoms with Crippen LogP contribution in [0.25, 0.3) is 0 Å². The lowest BCUT2D eigenvalue weighted by atomic mass is 9.81. The normalized spacial score (nSPS) is 20.1. The van der Waals surface area contributed by atoms with Crippen molar-refractivity contribution in [1.82, 2.24) is 4.90 Å². The number of nitrogens with zero attached hydrogens (tertiary/aromatic N) is 1. The van der Waals surface area contributed by atoms with Gasteiger partial charge in [0.15, 0.2) is 11.5 Å². The topological polar surface area (TPSA) is 77.1 Å². The van der Waals surface area contributed by atoms with Crippen LogP contribution in [0.3, 0.4) is 0 Å². The third kappa shape index (κ3) is 2.66. The lowest BCUT2D eigenvalue weighted by Gasteiger charge is -2.23. The number of benzene rings is 2. The van der Waals surface area contributed by atoms with Gasteiger partial charge in [0.2, 0.25) is 5.91 Å². The van der Waals surface area contributed by atoms with E-state index in [9.17, 15) is 9.59 Å². The van der Waals surface area contributed by atoms with E-state index in [0.29, 0.717) is 42.3 Å². The number of hydrogen-bond donors (Lipinski definition) is 1. The van der Waals surface area contributed by atoms with Gasteiger partial charge in [-0.3, -0.25) is 9.59 Å². The fourth-order valence-electron chi connectivity index (χ4n) is 4.06. The van der Waals surface area contributed by atoms with Crippen LogP contribution in [0, 0.1) is 0 Å². The van der Waals surface area contributed by atoms with Crippen LogP contribution < -0.4 is 19.5 Å². The van der Waals surface area contributed by atoms with Crippen LogP contribution in [0.15, 0.2) is 36.4 Å². The van der Waals surface area contributed by atoms with Crippen LogP contribution in [-0.4, -0.2) is 51.1 Å². The molecule has 146 valence electrons. The molecule has 7 heteroatoms. The average Bonchev–Trinajstić information content (AvgIpc) is 3.29. The van der Waals surface area contributed by atoms with Crippen LogP contribution in [-0.2, 0) is 10.2 Å². The van der Waals surface area contributed by atoms with E-state index in [0.717, 1.165) is 11.3 Å². The Morgan fingerprint density at radius 1 is 1.04 bits per heavy atom. The van der Waals surface area contributed by atoms with Gasteiger partial charge in [-0.15, -0.1) is 0 Å². The predicted molar refractivity (Wildman–Crippen MR) is 103 cm³/mol. The monoisotopic (exact) mass is 382 g/mol. The summed E-state index contributed by atoms with van der Waals surface area (Å²) in [5, 5.41) is 2.95. The number of ether oxygens (including phenoxy) is 3. The molecule has 28 heavy (non-hydrogen) atoms. The molecule has 0 radical (unpaired) electrons. The summed E-state index contributed by atoms with van der Waals surface area (Å²) in [6, 6.07) is 10.6. The Morgan fingerprint density at radius 3 is 2.54 bits per heavy atom. The highest BCUT2D eigenvalue weighted by Gasteiger charge is 2.52. The lowest BCUT2D eigenvalue weighted by molar-refractivity contribution is -0.120. The van der Waals surface area contributed by atoms with Crippen LogP contribution in [0.2, 0.25) is 0 Å². The van der Waals surface area contributed by atoms with Gasteiger partial charge in [0.1, 0.15) is 5.75 Å². The molecule has 0 saturated carbocycles. The first-order valence-corrected chi connectivity index (χ1v) is 9.03. The molecule has 2 aliphatic heterocycles. The molecule has 1 N–H and O–H groups in total. The largest absolute Gasteiger partial charge is 0.497 e. The quantitative estimate of drug-likeness (QED) is 0.879. The summed E-state index contributed by atoms with van der Waals surface area (Å²) in [7, 11) is 4.68. The Balaban J connectivity index is 1.63. The molecule has 1 fully saturated rings. The van der Waals surface area contributed by atoms with Gasteiger partial charge in [-0.1, -0.05) is 0 Å². The van der Waals surface area contributed by atoms with E-state index in [-0.39, 0.29) is 11.8 Å². The van der Waals surface area contributed by atoms with Gasteiger partial charge in [0.25, 0.3) is 5.91 Å². The molecule has 1 unspecified atom stereocenters. The van der Waals surface area contributed by atoms with E-state index in [4.69, 9.17) is 14.2 Å². The minimum Gasteiger partial charge on any atom is -0.497 e. The van der Waals surface area contributed by atoms with Crippen molar-refractivity contribution in [1.29, 1.82) is 0 Å². The Morgan fingerprint density at radius 2 is 1.82 bits per heavy atom. The number of rotatable bonds is 4. The van der Waals surface area contributed by atoms with Crippen molar-refractivity contribution in [2.75, 3.05) is 39.7 Å². The third-order valence-corrected chi connectivity index (χ3v) is 5.61. The Kier molecular flexibility index (Phi) is 4.37. The zero-order valence-corrected chi connectivity index (χ0v) is 16.1. The number of amides is 2. The fourth-order valence-corrected chi connectivity index (χ4v) is 4.06. The molecular formula is C21H22N2O5. The number of methoxy groups -OCH3 is 3. The van der Waals surface area contributed by atoms with E-state index >= 15 is 0 Å². The van der Waals surface area contributed by atoms with Gasteiger partial charge in [-0.05, 0) is 48.4 Å². The van der Waals surface area contributed by atoms with E-state index in [1.54, 1.807) is 37.3 Å². The molecule has 2 amide bonds.